The first-order valence-corrected chi connectivity index (χ1v) is 19.1. The van der Waals surface area contributed by atoms with Gasteiger partial charge in [-0.2, -0.15) is 0 Å². The van der Waals surface area contributed by atoms with Crippen molar-refractivity contribution in [3.63, 3.8) is 0 Å². The van der Waals surface area contributed by atoms with E-state index in [1.807, 2.05) is 96.9 Å². The fourth-order valence-electron chi connectivity index (χ4n) is 7.25. The van der Waals surface area contributed by atoms with Gasteiger partial charge in [-0.1, -0.05) is 98.9 Å². The van der Waals surface area contributed by atoms with Crippen molar-refractivity contribution >= 4 is 17.9 Å². The smallest absolute Gasteiger partial charge is 0.407 e. The SMILES string of the molecule is COC(=O)N[C@@H](C(=O)N1CCC[C@H]1c1ncc(-c2ccc(C#Cc3ccc(-c4cnc([C@@H]5C=C(C)CN5C(=O)[C@@H](C)C(C)C)[nH]4)cc3)cc2)[nH]1)c1ccccc1. The van der Waals surface area contributed by atoms with E-state index in [-0.39, 0.29) is 35.7 Å². The third kappa shape index (κ3) is 8.15. The summed E-state index contributed by atoms with van der Waals surface area (Å²) in [6, 6.07) is 23.9. The highest BCUT2D eigenvalue weighted by Crippen LogP contribution is 2.35. The minimum Gasteiger partial charge on any atom is -0.453 e. The molecule has 5 aromatic rings. The predicted octanol–water partition coefficient (Wildman–Crippen LogP) is 7.75. The van der Waals surface area contributed by atoms with E-state index < -0.39 is 12.1 Å². The van der Waals surface area contributed by atoms with Gasteiger partial charge in [0.05, 0.1) is 36.9 Å². The fraction of sp³-hybridized carbons (Fsp3) is 0.311. The molecule has 1 fully saturated rings. The van der Waals surface area contributed by atoms with E-state index in [2.05, 4.69) is 63.9 Å². The fourth-order valence-corrected chi connectivity index (χ4v) is 7.25. The highest BCUT2D eigenvalue weighted by molar-refractivity contribution is 5.87. The molecule has 4 heterocycles. The number of carbonyl (C=O) groups is 3. The van der Waals surface area contributed by atoms with Gasteiger partial charge in [0.1, 0.15) is 23.7 Å². The van der Waals surface area contributed by atoms with E-state index in [9.17, 15) is 14.4 Å². The zero-order chi connectivity index (χ0) is 39.3. The maximum absolute atomic E-state index is 13.8. The number of nitrogens with one attached hydrogen (secondary N) is 3. The van der Waals surface area contributed by atoms with Crippen LogP contribution in [0.1, 0.15) is 87.0 Å². The number of H-pyrrole nitrogens is 2. The highest BCUT2D eigenvalue weighted by Gasteiger charge is 2.37. The number of benzene rings is 3. The Morgan fingerprint density at radius 3 is 1.98 bits per heavy atom. The zero-order valence-corrected chi connectivity index (χ0v) is 32.4. The molecule has 3 aromatic carbocycles. The van der Waals surface area contributed by atoms with Crippen LogP contribution in [0.5, 0.6) is 0 Å². The molecule has 0 radical (unpaired) electrons. The molecule has 0 bridgehead atoms. The standard InChI is InChI=1S/C45H47N7O4/c1-28(2)30(4)43(53)52-27-29(3)24-39(52)42-47-26-37(49-42)34-21-17-32(18-22-34)14-13-31-15-19-33(20-16-31)36-25-46-41(48-36)38-12-9-23-51(38)44(54)40(50-45(55)56-5)35-10-7-6-8-11-35/h6-8,10-11,15-22,24-26,28,30,38-40H,9,12,23,27H2,1-5H3,(H,46,48)(H,47,49)(H,50,55)/t30-,38-,39-,40+/m0/s1. The lowest BCUT2D eigenvalue weighted by molar-refractivity contribution is -0.137. The van der Waals surface area contributed by atoms with E-state index in [0.29, 0.717) is 24.5 Å². The predicted molar refractivity (Wildman–Crippen MR) is 215 cm³/mol. The Hall–Kier alpha value is -6.41. The summed E-state index contributed by atoms with van der Waals surface area (Å²) in [5, 5.41) is 2.71. The first-order valence-electron chi connectivity index (χ1n) is 19.1. The summed E-state index contributed by atoms with van der Waals surface area (Å²) < 4.78 is 4.82. The second-order valence-corrected chi connectivity index (χ2v) is 14.9. The number of alkyl carbamates (subject to hydrolysis) is 1. The lowest BCUT2D eigenvalue weighted by Gasteiger charge is -2.28. The summed E-state index contributed by atoms with van der Waals surface area (Å²) in [4.78, 5) is 59.2. The van der Waals surface area contributed by atoms with Crippen molar-refractivity contribution in [2.45, 2.75) is 58.7 Å². The largest absolute Gasteiger partial charge is 0.453 e. The lowest BCUT2D eigenvalue weighted by Crippen LogP contribution is -2.42. The molecule has 56 heavy (non-hydrogen) atoms. The molecule has 3 amide bonds. The van der Waals surface area contributed by atoms with Crippen molar-refractivity contribution in [2.75, 3.05) is 20.2 Å². The van der Waals surface area contributed by atoms with Gasteiger partial charge in [-0.25, -0.2) is 14.8 Å². The summed E-state index contributed by atoms with van der Waals surface area (Å²) in [5.41, 5.74) is 7.28. The summed E-state index contributed by atoms with van der Waals surface area (Å²) in [6.07, 6.45) is 6.65. The molecule has 3 N–H and O–H groups in total. The molecule has 4 atom stereocenters. The average Bonchev–Trinajstić information content (AvgIpc) is 4.06. The van der Waals surface area contributed by atoms with Crippen molar-refractivity contribution in [3.05, 3.63) is 131 Å². The van der Waals surface area contributed by atoms with Crippen LogP contribution < -0.4 is 5.32 Å². The van der Waals surface area contributed by atoms with Crippen LogP contribution in [0.4, 0.5) is 4.79 Å². The second kappa shape index (κ2) is 16.5. The maximum Gasteiger partial charge on any atom is 0.407 e. The Morgan fingerprint density at radius 1 is 0.804 bits per heavy atom. The summed E-state index contributed by atoms with van der Waals surface area (Å²) in [5.74, 6) is 8.14. The molecule has 0 aliphatic carbocycles. The molecule has 286 valence electrons. The van der Waals surface area contributed by atoms with E-state index >= 15 is 0 Å². The summed E-state index contributed by atoms with van der Waals surface area (Å²) in [6.45, 7) is 9.39. The van der Waals surface area contributed by atoms with Gasteiger partial charge in [-0.3, -0.25) is 9.59 Å². The van der Waals surface area contributed by atoms with Crippen molar-refractivity contribution in [2.24, 2.45) is 11.8 Å². The van der Waals surface area contributed by atoms with Gasteiger partial charge >= 0.3 is 6.09 Å². The molecule has 1 saturated heterocycles. The molecule has 0 unspecified atom stereocenters. The number of likely N-dealkylation sites (tertiary alicyclic amines) is 1. The summed E-state index contributed by atoms with van der Waals surface area (Å²) in [7, 11) is 1.28. The Labute approximate surface area is 327 Å². The molecule has 0 saturated carbocycles. The number of carbonyl (C=O) groups excluding carboxylic acids is 3. The normalized spacial score (nSPS) is 17.6. The molecule has 2 aliphatic heterocycles. The Morgan fingerprint density at radius 2 is 1.39 bits per heavy atom. The average molecular weight is 750 g/mol. The van der Waals surface area contributed by atoms with E-state index in [1.165, 1.54) is 7.11 Å². The van der Waals surface area contributed by atoms with Gasteiger partial charge in [0.25, 0.3) is 5.91 Å². The Bertz CT molecular complexity index is 2280. The number of rotatable bonds is 9. The van der Waals surface area contributed by atoms with Crippen LogP contribution in [0.25, 0.3) is 22.5 Å². The topological polar surface area (TPSA) is 136 Å². The summed E-state index contributed by atoms with van der Waals surface area (Å²) >= 11 is 0. The van der Waals surface area contributed by atoms with Gasteiger partial charge in [0.15, 0.2) is 0 Å². The molecule has 2 aromatic heterocycles. The van der Waals surface area contributed by atoms with Crippen molar-refractivity contribution in [1.82, 2.24) is 35.1 Å². The lowest BCUT2D eigenvalue weighted by atomic mass is 9.96. The molecule has 2 aliphatic rings. The van der Waals surface area contributed by atoms with Crippen LogP contribution >= 0.6 is 0 Å². The quantitative estimate of drug-likeness (QED) is 0.104. The molecular formula is C45H47N7O4. The van der Waals surface area contributed by atoms with Crippen molar-refractivity contribution in [1.29, 1.82) is 0 Å². The van der Waals surface area contributed by atoms with Gasteiger partial charge in [0, 0.05) is 30.1 Å². The zero-order valence-electron chi connectivity index (χ0n) is 32.4. The number of methoxy groups -OCH3 is 1. The van der Waals surface area contributed by atoms with Crippen LogP contribution in [0.3, 0.4) is 0 Å². The van der Waals surface area contributed by atoms with E-state index in [1.54, 1.807) is 11.1 Å². The Kier molecular flexibility index (Phi) is 11.2. The Balaban J connectivity index is 0.993. The van der Waals surface area contributed by atoms with Crippen LogP contribution in [-0.2, 0) is 14.3 Å². The monoisotopic (exact) mass is 749 g/mol. The van der Waals surface area contributed by atoms with Crippen LogP contribution in [0.2, 0.25) is 0 Å². The highest BCUT2D eigenvalue weighted by atomic mass is 16.5. The third-order valence-electron chi connectivity index (χ3n) is 10.8. The number of imidazole rings is 2. The first kappa shape index (κ1) is 37.9. The maximum atomic E-state index is 13.8. The third-order valence-corrected chi connectivity index (χ3v) is 10.8. The van der Waals surface area contributed by atoms with Crippen molar-refractivity contribution < 1.29 is 19.1 Å². The van der Waals surface area contributed by atoms with E-state index in [0.717, 1.165) is 57.9 Å². The van der Waals surface area contributed by atoms with Crippen LogP contribution in [-0.4, -0.2) is 67.8 Å². The number of amides is 3. The second-order valence-electron chi connectivity index (χ2n) is 14.9. The molecule has 11 nitrogen and oxygen atoms in total. The number of nitrogens with zero attached hydrogens (tertiary/aromatic N) is 4. The number of aromatic nitrogens is 4. The van der Waals surface area contributed by atoms with Gasteiger partial charge in [0.2, 0.25) is 5.91 Å². The van der Waals surface area contributed by atoms with Gasteiger partial charge in [-0.05, 0) is 66.6 Å². The van der Waals surface area contributed by atoms with Crippen LogP contribution in [0.15, 0.2) is 103 Å². The van der Waals surface area contributed by atoms with E-state index in [4.69, 9.17) is 4.74 Å². The number of ether oxygens (including phenoxy) is 1. The number of aromatic amines is 2. The molecule has 0 spiro atoms. The van der Waals surface area contributed by atoms with Crippen LogP contribution in [0, 0.1) is 23.7 Å². The molecule has 11 heteroatoms. The molecular weight excluding hydrogens is 703 g/mol. The van der Waals surface area contributed by atoms with Crippen molar-refractivity contribution in [3.8, 4) is 34.4 Å². The minimum absolute atomic E-state index is 0.0597. The van der Waals surface area contributed by atoms with Gasteiger partial charge in [-0.15, -0.1) is 0 Å². The van der Waals surface area contributed by atoms with Gasteiger partial charge < -0.3 is 29.8 Å². The molecule has 7 rings (SSSR count). The number of hydrogen-bond donors (Lipinski definition) is 3. The minimum atomic E-state index is -0.873. The number of hydrogen-bond acceptors (Lipinski definition) is 6. The first-order chi connectivity index (χ1) is 27.1.